The van der Waals surface area contributed by atoms with Gasteiger partial charge in [0.1, 0.15) is 11.2 Å². The lowest BCUT2D eigenvalue weighted by Crippen LogP contribution is -2.52. The smallest absolute Gasteiger partial charge is 0.390 e. The van der Waals surface area contributed by atoms with Gasteiger partial charge in [0.2, 0.25) is 5.95 Å². The molecule has 1 aliphatic rings. The van der Waals surface area contributed by atoms with E-state index in [0.717, 1.165) is 16.8 Å². The van der Waals surface area contributed by atoms with Crippen molar-refractivity contribution in [1.82, 2.24) is 23.9 Å². The maximum absolute atomic E-state index is 14.4. The van der Waals surface area contributed by atoms with Gasteiger partial charge < -0.3 is 10.4 Å². The van der Waals surface area contributed by atoms with Gasteiger partial charge in [0.05, 0.1) is 29.6 Å². The van der Waals surface area contributed by atoms with Crippen LogP contribution in [-0.2, 0) is 16.2 Å². The van der Waals surface area contributed by atoms with Gasteiger partial charge in [-0.2, -0.15) is 26.3 Å². The lowest BCUT2D eigenvalue weighted by atomic mass is 10.0. The Kier molecular flexibility index (Phi) is 6.35. The van der Waals surface area contributed by atoms with Gasteiger partial charge in [-0.15, -0.1) is 5.10 Å². The Morgan fingerprint density at radius 1 is 1.11 bits per heavy atom. The molecule has 17 heteroatoms. The quantitative estimate of drug-likeness (QED) is 0.490. The van der Waals surface area contributed by atoms with Crippen LogP contribution in [0.2, 0.25) is 0 Å². The van der Waals surface area contributed by atoms with Crippen molar-refractivity contribution in [3.8, 4) is 11.4 Å². The number of aliphatic hydroxyl groups excluding tert-OH is 1. The molecule has 3 aromatic heterocycles. The van der Waals surface area contributed by atoms with Gasteiger partial charge in [-0.05, 0) is 12.5 Å². The average molecular weight is 528 g/mol. The highest BCUT2D eigenvalue weighted by atomic mass is 32.2. The van der Waals surface area contributed by atoms with E-state index in [4.69, 9.17) is 0 Å². The van der Waals surface area contributed by atoms with Crippen molar-refractivity contribution in [2.75, 3.05) is 18.4 Å². The molecule has 0 saturated carbocycles. The molecule has 0 aliphatic carbocycles. The Morgan fingerprint density at radius 2 is 1.83 bits per heavy atom. The molecule has 190 valence electrons. The van der Waals surface area contributed by atoms with Crippen LogP contribution < -0.4 is 5.32 Å². The van der Waals surface area contributed by atoms with Crippen LogP contribution in [0.4, 0.5) is 36.7 Å². The number of hydrogen-bond donors (Lipinski definition) is 2. The van der Waals surface area contributed by atoms with Crippen molar-refractivity contribution in [3.63, 3.8) is 0 Å². The molecule has 35 heavy (non-hydrogen) atoms. The fourth-order valence-corrected chi connectivity index (χ4v) is 4.50. The van der Waals surface area contributed by atoms with E-state index in [0.29, 0.717) is 10.5 Å². The number of halogens is 7. The summed E-state index contributed by atoms with van der Waals surface area (Å²) in [6, 6.07) is 0.119. The number of aromatic nitrogens is 4. The van der Waals surface area contributed by atoms with E-state index in [2.05, 4.69) is 20.4 Å². The number of alkyl halides is 5. The Morgan fingerprint density at radius 3 is 2.43 bits per heavy atom. The molecule has 0 spiro atoms. The molecular formula is C18H15F7N6O3S. The minimum atomic E-state index is -4.89. The number of piperidine rings is 1. The van der Waals surface area contributed by atoms with Crippen LogP contribution in [0.5, 0.6) is 0 Å². The summed E-state index contributed by atoms with van der Waals surface area (Å²) in [5.74, 6) is -6.18. The lowest BCUT2D eigenvalue weighted by Gasteiger charge is -2.35. The van der Waals surface area contributed by atoms with E-state index < -0.39 is 63.5 Å². The molecule has 9 nitrogen and oxygen atoms in total. The van der Waals surface area contributed by atoms with Crippen molar-refractivity contribution in [1.29, 1.82) is 0 Å². The van der Waals surface area contributed by atoms with Gasteiger partial charge >= 0.3 is 11.9 Å². The molecular weight excluding hydrogens is 513 g/mol. The zero-order valence-electron chi connectivity index (χ0n) is 17.2. The number of rotatable bonds is 5. The summed E-state index contributed by atoms with van der Waals surface area (Å²) in [5.41, 5.74) is -2.55. The van der Waals surface area contributed by atoms with E-state index in [9.17, 15) is 44.3 Å². The van der Waals surface area contributed by atoms with Gasteiger partial charge in [0.15, 0.2) is 11.6 Å². The van der Waals surface area contributed by atoms with Gasteiger partial charge in [-0.25, -0.2) is 26.7 Å². The molecule has 0 amide bonds. The van der Waals surface area contributed by atoms with E-state index in [1.54, 1.807) is 0 Å². The highest BCUT2D eigenvalue weighted by Crippen LogP contribution is 2.32. The van der Waals surface area contributed by atoms with Crippen molar-refractivity contribution in [2.24, 2.45) is 0 Å². The normalized spacial score (nSPS) is 20.0. The molecule has 2 atom stereocenters. The first-order chi connectivity index (χ1) is 16.3. The Bertz CT molecular complexity index is 1360. The largest absolute Gasteiger partial charge is 0.417 e. The van der Waals surface area contributed by atoms with Crippen molar-refractivity contribution in [2.45, 2.75) is 30.5 Å². The van der Waals surface area contributed by atoms with Gasteiger partial charge in [0, 0.05) is 25.4 Å². The van der Waals surface area contributed by atoms with Crippen molar-refractivity contribution < 1.29 is 44.3 Å². The third-order valence-electron chi connectivity index (χ3n) is 5.32. The molecule has 4 heterocycles. The molecule has 0 unspecified atom stereocenters. The number of fused-ring (bicyclic) bond motifs is 1. The summed E-state index contributed by atoms with van der Waals surface area (Å²) >= 11 is 0. The number of anilines is 1. The SMILES string of the molecule is O=S(=O)(C(F)F)N1CC[C@@H](Nc2ncc3c(F)cc(-c4ncc(C(F)(F)F)cc4F)n3n2)[C@H](O)C1. The summed E-state index contributed by atoms with van der Waals surface area (Å²) < 4.78 is 117. The predicted octanol–water partition coefficient (Wildman–Crippen LogP) is 2.49. The van der Waals surface area contributed by atoms with E-state index >= 15 is 0 Å². The first kappa shape index (κ1) is 25.1. The predicted molar refractivity (Wildman–Crippen MR) is 106 cm³/mol. The number of hydrogen-bond acceptors (Lipinski definition) is 7. The minimum absolute atomic E-state index is 0.115. The third-order valence-corrected chi connectivity index (χ3v) is 6.83. The highest BCUT2D eigenvalue weighted by molar-refractivity contribution is 7.89. The summed E-state index contributed by atoms with van der Waals surface area (Å²) in [6.45, 7) is -0.968. The lowest BCUT2D eigenvalue weighted by molar-refractivity contribution is -0.138. The zero-order chi connectivity index (χ0) is 25.7. The molecule has 4 rings (SSSR count). The first-order valence-corrected chi connectivity index (χ1v) is 11.3. The number of pyridine rings is 1. The van der Waals surface area contributed by atoms with Gasteiger partial charge in [0.25, 0.3) is 10.0 Å². The zero-order valence-corrected chi connectivity index (χ0v) is 18.0. The summed E-state index contributed by atoms with van der Waals surface area (Å²) in [4.78, 5) is 7.31. The van der Waals surface area contributed by atoms with E-state index in [1.165, 1.54) is 0 Å². The van der Waals surface area contributed by atoms with Crippen molar-refractivity contribution in [3.05, 3.63) is 41.7 Å². The topological polar surface area (TPSA) is 113 Å². The standard InChI is InChI=1S/C18H15F7N6O3S/c19-9-4-12(15-10(20)3-8(5-26-15)18(23,24)25)31-13(9)6-27-17(29-31)28-11-1-2-30(7-14(11)32)35(33,34)16(21)22/h3-6,11,14,16,32H,1-2,7H2,(H,28,29)/t11-,14-/m1/s1. The van der Waals surface area contributed by atoms with Crippen LogP contribution in [0.15, 0.2) is 24.5 Å². The van der Waals surface area contributed by atoms with Gasteiger partial charge in [-0.1, -0.05) is 0 Å². The molecule has 0 aromatic carbocycles. The number of sulfonamides is 1. The molecule has 1 aliphatic heterocycles. The second-order valence-electron chi connectivity index (χ2n) is 7.58. The number of nitrogens with one attached hydrogen (secondary N) is 1. The second kappa shape index (κ2) is 8.87. The third kappa shape index (κ3) is 4.74. The van der Waals surface area contributed by atoms with Gasteiger partial charge in [-0.3, -0.25) is 4.98 Å². The van der Waals surface area contributed by atoms with Crippen molar-refractivity contribution >= 4 is 21.5 Å². The monoisotopic (exact) mass is 528 g/mol. The summed E-state index contributed by atoms with van der Waals surface area (Å²) in [5, 5.41) is 16.9. The maximum Gasteiger partial charge on any atom is 0.417 e. The molecule has 1 saturated heterocycles. The Balaban J connectivity index is 1.61. The number of aliphatic hydroxyl groups is 1. The fourth-order valence-electron chi connectivity index (χ4n) is 3.55. The Labute approximate surface area is 192 Å². The first-order valence-electron chi connectivity index (χ1n) is 9.78. The highest BCUT2D eigenvalue weighted by Gasteiger charge is 2.39. The molecule has 1 fully saturated rings. The van der Waals surface area contributed by atoms with Crippen LogP contribution in [0.3, 0.4) is 0 Å². The molecule has 2 N–H and O–H groups in total. The maximum atomic E-state index is 14.4. The molecule has 0 radical (unpaired) electrons. The minimum Gasteiger partial charge on any atom is -0.390 e. The summed E-state index contributed by atoms with van der Waals surface area (Å²) in [6.07, 6.45) is -5.03. The van der Waals surface area contributed by atoms with Crippen LogP contribution in [0.25, 0.3) is 16.9 Å². The number of nitrogens with zero attached hydrogens (tertiary/aromatic N) is 5. The summed E-state index contributed by atoms with van der Waals surface area (Å²) in [7, 11) is -4.89. The van der Waals surface area contributed by atoms with Crippen LogP contribution in [0.1, 0.15) is 12.0 Å². The molecule has 3 aromatic rings. The van der Waals surface area contributed by atoms with Crippen LogP contribution >= 0.6 is 0 Å². The average Bonchev–Trinajstić information content (AvgIpc) is 3.09. The second-order valence-corrected chi connectivity index (χ2v) is 9.48. The van der Waals surface area contributed by atoms with Crippen LogP contribution in [-0.4, -0.2) is 68.4 Å². The van der Waals surface area contributed by atoms with E-state index in [-0.39, 0.29) is 36.2 Å². The van der Waals surface area contributed by atoms with Crippen LogP contribution in [0, 0.1) is 11.6 Å². The number of β-amino-alcohol motifs (C(OH)–C–C–N with tert-alkyl or cyclic N) is 1. The molecule has 0 bridgehead atoms. The van der Waals surface area contributed by atoms with E-state index in [1.807, 2.05) is 0 Å². The fraction of sp³-hybridized carbons (Fsp3) is 0.389. The Hall–Kier alpha value is -3.05.